The van der Waals surface area contributed by atoms with Gasteiger partial charge >= 0.3 is 0 Å². The maximum Gasteiger partial charge on any atom is 0.276 e. The second kappa shape index (κ2) is 5.47. The molecule has 0 N–H and O–H groups in total. The number of nitrogens with zero attached hydrogens (tertiary/aromatic N) is 2. The summed E-state index contributed by atoms with van der Waals surface area (Å²) in [6.45, 7) is 2.00. The van der Waals surface area contributed by atoms with Gasteiger partial charge in [0.25, 0.3) is 5.91 Å². The third kappa shape index (κ3) is 2.21. The number of rotatable bonds is 1. The fourth-order valence-corrected chi connectivity index (χ4v) is 3.88. The predicted molar refractivity (Wildman–Crippen MR) is 98.6 cm³/mol. The van der Waals surface area contributed by atoms with E-state index in [1.54, 1.807) is 11.9 Å². The number of nitriles is 1. The minimum atomic E-state index is -1.15. The van der Waals surface area contributed by atoms with Crippen LogP contribution >= 0.6 is 15.9 Å². The van der Waals surface area contributed by atoms with Crippen molar-refractivity contribution in [2.75, 3.05) is 11.9 Å². The van der Waals surface area contributed by atoms with Crippen molar-refractivity contribution in [3.05, 3.63) is 69.2 Å². The van der Waals surface area contributed by atoms with E-state index < -0.39 is 5.60 Å². The number of fused-ring (bicyclic) bond motifs is 2. The predicted octanol–water partition coefficient (Wildman–Crippen LogP) is 4.28. The highest BCUT2D eigenvalue weighted by molar-refractivity contribution is 9.10. The van der Waals surface area contributed by atoms with Gasteiger partial charge in [0.15, 0.2) is 0 Å². The zero-order valence-corrected chi connectivity index (χ0v) is 15.4. The highest BCUT2D eigenvalue weighted by Gasteiger charge is 2.56. The lowest BCUT2D eigenvalue weighted by Gasteiger charge is -2.24. The van der Waals surface area contributed by atoms with Crippen molar-refractivity contribution in [3.8, 4) is 6.07 Å². The Kier molecular flexibility index (Phi) is 3.48. The van der Waals surface area contributed by atoms with Crippen LogP contribution < -0.4 is 4.90 Å². The Morgan fingerprint density at radius 3 is 2.64 bits per heavy atom. The van der Waals surface area contributed by atoms with Gasteiger partial charge in [-0.15, -0.1) is 0 Å². The Labute approximate surface area is 154 Å². The molecule has 0 aromatic heterocycles. The van der Waals surface area contributed by atoms with Gasteiger partial charge in [-0.2, -0.15) is 5.26 Å². The van der Waals surface area contributed by atoms with E-state index in [9.17, 15) is 10.1 Å². The summed E-state index contributed by atoms with van der Waals surface area (Å²) in [6.07, 6.45) is 0.249. The molecule has 0 aliphatic carbocycles. The molecule has 0 saturated heterocycles. The molecule has 124 valence electrons. The summed E-state index contributed by atoms with van der Waals surface area (Å²) in [5, 5.41) is 9.63. The van der Waals surface area contributed by atoms with Crippen LogP contribution in [0, 0.1) is 18.3 Å². The maximum atomic E-state index is 13.0. The number of hydrogen-bond acceptors (Lipinski definition) is 3. The molecule has 0 radical (unpaired) electrons. The second-order valence-corrected chi connectivity index (χ2v) is 7.33. The molecule has 2 aliphatic rings. The van der Waals surface area contributed by atoms with Gasteiger partial charge in [0.05, 0.1) is 17.3 Å². The highest BCUT2D eigenvalue weighted by Crippen LogP contribution is 2.53. The van der Waals surface area contributed by atoms with Crippen LogP contribution in [0.25, 0.3) is 5.76 Å². The first kappa shape index (κ1) is 15.9. The lowest BCUT2D eigenvalue weighted by atomic mass is 9.90. The molecule has 0 fully saturated rings. The summed E-state index contributed by atoms with van der Waals surface area (Å²) in [7, 11) is 1.74. The molecule has 1 amide bonds. The first-order chi connectivity index (χ1) is 12.0. The molecule has 2 aromatic rings. The molecule has 1 unspecified atom stereocenters. The van der Waals surface area contributed by atoms with Crippen LogP contribution in [0.2, 0.25) is 0 Å². The summed E-state index contributed by atoms with van der Waals surface area (Å²) in [6, 6.07) is 15.7. The van der Waals surface area contributed by atoms with Gasteiger partial charge in [-0.25, -0.2) is 0 Å². The molecule has 0 saturated carbocycles. The van der Waals surface area contributed by atoms with Gasteiger partial charge in [-0.3, -0.25) is 4.79 Å². The average molecular weight is 395 g/mol. The molecule has 25 heavy (non-hydrogen) atoms. The van der Waals surface area contributed by atoms with Crippen LogP contribution in [-0.4, -0.2) is 13.0 Å². The molecule has 2 aliphatic heterocycles. The zero-order chi connectivity index (χ0) is 17.8. The van der Waals surface area contributed by atoms with Crippen molar-refractivity contribution >= 4 is 33.3 Å². The van der Waals surface area contributed by atoms with Gasteiger partial charge < -0.3 is 9.64 Å². The number of carbonyl (C=O) groups excluding carboxylic acids is 1. The normalized spacial score (nSPS) is 21.5. The number of carbonyl (C=O) groups is 1. The van der Waals surface area contributed by atoms with Crippen LogP contribution in [0.5, 0.6) is 0 Å². The zero-order valence-electron chi connectivity index (χ0n) is 13.8. The Balaban J connectivity index is 1.85. The van der Waals surface area contributed by atoms with E-state index in [0.29, 0.717) is 11.3 Å². The molecular weight excluding hydrogens is 380 g/mol. The number of likely N-dealkylation sites (N-methyl/N-ethyl adjacent to an activating group) is 1. The minimum absolute atomic E-state index is 0.143. The number of benzene rings is 2. The van der Waals surface area contributed by atoms with E-state index in [1.165, 1.54) is 0 Å². The average Bonchev–Trinajstić information content (AvgIpc) is 3.09. The Hall–Kier alpha value is -2.58. The van der Waals surface area contributed by atoms with Crippen molar-refractivity contribution in [1.82, 2.24) is 0 Å². The van der Waals surface area contributed by atoms with Crippen LogP contribution in [0.1, 0.15) is 23.1 Å². The van der Waals surface area contributed by atoms with Crippen molar-refractivity contribution in [1.29, 1.82) is 5.26 Å². The summed E-state index contributed by atoms with van der Waals surface area (Å²) < 4.78 is 7.12. The van der Waals surface area contributed by atoms with E-state index in [0.717, 1.165) is 26.9 Å². The van der Waals surface area contributed by atoms with Crippen molar-refractivity contribution < 1.29 is 9.53 Å². The molecule has 1 atom stereocenters. The Morgan fingerprint density at radius 2 is 1.96 bits per heavy atom. The van der Waals surface area contributed by atoms with Gasteiger partial charge in [-0.1, -0.05) is 45.8 Å². The molecule has 2 aromatic carbocycles. The molecular formula is C20H15BrN2O2. The lowest BCUT2D eigenvalue weighted by molar-refractivity contribution is -0.133. The van der Waals surface area contributed by atoms with Gasteiger partial charge in [0.1, 0.15) is 5.76 Å². The number of halogens is 1. The summed E-state index contributed by atoms with van der Waals surface area (Å²) in [4.78, 5) is 14.6. The quantitative estimate of drug-likeness (QED) is 0.724. The summed E-state index contributed by atoms with van der Waals surface area (Å²) in [5.41, 5.74) is 2.90. The second-order valence-electron chi connectivity index (χ2n) is 6.42. The van der Waals surface area contributed by atoms with Crippen molar-refractivity contribution in [2.45, 2.75) is 18.9 Å². The van der Waals surface area contributed by atoms with Crippen molar-refractivity contribution in [2.24, 2.45) is 0 Å². The minimum Gasteiger partial charge on any atom is -0.470 e. The largest absolute Gasteiger partial charge is 0.470 e. The fourth-order valence-electron chi connectivity index (χ4n) is 3.52. The first-order valence-electron chi connectivity index (χ1n) is 7.94. The van der Waals surface area contributed by atoms with E-state index in [1.807, 2.05) is 49.4 Å². The first-order valence-corrected chi connectivity index (χ1v) is 8.73. The molecule has 5 heteroatoms. The third-order valence-corrected chi connectivity index (χ3v) is 5.32. The van der Waals surface area contributed by atoms with Crippen LogP contribution in [0.15, 0.2) is 52.5 Å². The van der Waals surface area contributed by atoms with E-state index in [4.69, 9.17) is 4.74 Å². The van der Waals surface area contributed by atoms with Crippen molar-refractivity contribution in [3.63, 3.8) is 0 Å². The highest BCUT2D eigenvalue weighted by atomic mass is 79.9. The molecule has 0 bridgehead atoms. The smallest absolute Gasteiger partial charge is 0.276 e. The number of anilines is 1. The number of hydrogen-bond donors (Lipinski definition) is 0. The van der Waals surface area contributed by atoms with Crippen LogP contribution in [-0.2, 0) is 15.1 Å². The van der Waals surface area contributed by atoms with Gasteiger partial charge in [-0.05, 0) is 25.1 Å². The van der Waals surface area contributed by atoms with Crippen LogP contribution in [0.3, 0.4) is 0 Å². The van der Waals surface area contributed by atoms with E-state index >= 15 is 0 Å². The monoisotopic (exact) mass is 394 g/mol. The molecule has 1 spiro atoms. The van der Waals surface area contributed by atoms with E-state index in [2.05, 4.69) is 22.0 Å². The fraction of sp³-hybridized carbons (Fsp3) is 0.200. The third-order valence-electron chi connectivity index (χ3n) is 4.83. The molecule has 2 heterocycles. The standard InChI is InChI=1S/C20H15BrN2O2/c1-12-3-5-13(6-4-12)18-14(11-22)10-20(25-18)16-9-15(21)7-8-17(16)23(2)19(20)24/h3-9H,10H2,1-2H3. The molecule has 4 rings (SSSR count). The summed E-state index contributed by atoms with van der Waals surface area (Å²) in [5.74, 6) is 0.354. The topological polar surface area (TPSA) is 53.3 Å². The summed E-state index contributed by atoms with van der Waals surface area (Å²) >= 11 is 3.47. The maximum absolute atomic E-state index is 13.0. The number of aryl methyl sites for hydroxylation is 1. The lowest BCUT2D eigenvalue weighted by Crippen LogP contribution is -2.38. The van der Waals surface area contributed by atoms with Gasteiger partial charge in [0.2, 0.25) is 5.60 Å². The Morgan fingerprint density at radius 1 is 1.24 bits per heavy atom. The SMILES string of the molecule is Cc1ccc(C2=C(C#N)CC3(O2)C(=O)N(C)c2ccc(Br)cc23)cc1. The van der Waals surface area contributed by atoms with E-state index in [-0.39, 0.29) is 12.3 Å². The Bertz CT molecular complexity index is 972. The molecule has 4 nitrogen and oxygen atoms in total. The number of amides is 1. The number of ether oxygens (including phenoxy) is 1. The van der Waals surface area contributed by atoms with Gasteiger partial charge in [0, 0.05) is 29.1 Å². The van der Waals surface area contributed by atoms with Crippen LogP contribution in [0.4, 0.5) is 5.69 Å².